The van der Waals surface area contributed by atoms with Crippen LogP contribution in [0.4, 0.5) is 0 Å². The van der Waals surface area contributed by atoms with Gasteiger partial charge in [-0.2, -0.15) is 0 Å². The van der Waals surface area contributed by atoms with Crippen LogP contribution in [-0.2, 0) is 0 Å². The summed E-state index contributed by atoms with van der Waals surface area (Å²) in [5.74, 6) is 1.50. The molecule has 1 aliphatic rings. The highest BCUT2D eigenvalue weighted by Crippen LogP contribution is 2.58. The lowest BCUT2D eigenvalue weighted by molar-refractivity contribution is 0.334. The molecule has 0 radical (unpaired) electrons. The predicted molar refractivity (Wildman–Crippen MR) is 126 cm³/mol. The van der Waals surface area contributed by atoms with Crippen molar-refractivity contribution >= 4 is 23.2 Å². The van der Waals surface area contributed by atoms with Gasteiger partial charge in [-0.25, -0.2) is 0 Å². The van der Waals surface area contributed by atoms with E-state index in [2.05, 4.69) is 104 Å². The zero-order valence-corrected chi connectivity index (χ0v) is 17.5. The van der Waals surface area contributed by atoms with Crippen molar-refractivity contribution in [2.24, 2.45) is 11.8 Å². The van der Waals surface area contributed by atoms with E-state index >= 15 is 0 Å². The molecule has 0 aliphatic heterocycles. The van der Waals surface area contributed by atoms with Gasteiger partial charge >= 0.3 is 0 Å². The maximum Gasteiger partial charge on any atom is 0.112 e. The molecule has 3 aromatic rings. The summed E-state index contributed by atoms with van der Waals surface area (Å²) >= 11 is 0. The van der Waals surface area contributed by atoms with Crippen molar-refractivity contribution in [1.82, 2.24) is 0 Å². The second-order valence-electron chi connectivity index (χ2n) is 8.02. The highest BCUT2D eigenvalue weighted by atomic mass is 31.2. The molecule has 0 amide bonds. The van der Waals surface area contributed by atoms with Crippen molar-refractivity contribution in [3.05, 3.63) is 104 Å². The largest absolute Gasteiger partial charge is 0.112 e. The summed E-state index contributed by atoms with van der Waals surface area (Å²) in [7, 11) is -1.68. The molecule has 1 fully saturated rings. The molecule has 142 valence electrons. The minimum Gasteiger partial charge on any atom is -0.103 e. The normalized spacial score (nSPS) is 19.9. The van der Waals surface area contributed by atoms with Gasteiger partial charge < -0.3 is 0 Å². The van der Waals surface area contributed by atoms with Gasteiger partial charge in [-0.1, -0.05) is 60.7 Å². The first-order chi connectivity index (χ1) is 13.8. The number of hydrogen-bond donors (Lipinski definition) is 0. The molecule has 1 saturated carbocycles. The number of rotatable bonds is 6. The fourth-order valence-electron chi connectivity index (χ4n) is 4.80. The topological polar surface area (TPSA) is 0 Å². The van der Waals surface area contributed by atoms with Gasteiger partial charge in [0.05, 0.1) is 6.16 Å². The fraction of sp³-hybridized carbons (Fsp3) is 0.259. The van der Waals surface area contributed by atoms with E-state index in [0.717, 1.165) is 5.92 Å². The Balaban J connectivity index is 1.83. The van der Waals surface area contributed by atoms with Crippen molar-refractivity contribution in [1.29, 1.82) is 0 Å². The molecule has 0 bridgehead atoms. The van der Waals surface area contributed by atoms with Crippen molar-refractivity contribution in [3.63, 3.8) is 0 Å². The van der Waals surface area contributed by atoms with Gasteiger partial charge in [0, 0.05) is 0 Å². The highest BCUT2D eigenvalue weighted by Gasteiger charge is 2.47. The standard InChI is InChI=1S/C27H30P/c1-2-23-18-20-24(21-19-23)22-28(25-12-6-3-7-13-25,26-14-8-4-9-15-26)27-16-10-5-11-17-27/h2-17,23-24H,1,18-22H2/q+1. The zero-order valence-electron chi connectivity index (χ0n) is 16.6. The van der Waals surface area contributed by atoms with Crippen molar-refractivity contribution in [2.45, 2.75) is 25.7 Å². The maximum atomic E-state index is 4.03. The number of benzene rings is 3. The lowest BCUT2D eigenvalue weighted by Crippen LogP contribution is -2.36. The summed E-state index contributed by atoms with van der Waals surface area (Å²) in [6, 6.07) is 33.9. The molecular formula is C27H30P+. The second kappa shape index (κ2) is 8.89. The summed E-state index contributed by atoms with van der Waals surface area (Å²) in [6.07, 6.45) is 8.69. The van der Waals surface area contributed by atoms with Crippen LogP contribution < -0.4 is 15.9 Å². The van der Waals surface area contributed by atoms with Crippen LogP contribution in [0.25, 0.3) is 0 Å². The first-order valence-electron chi connectivity index (χ1n) is 10.5. The van der Waals surface area contributed by atoms with Gasteiger partial charge in [0.2, 0.25) is 0 Å². The first kappa shape index (κ1) is 19.2. The van der Waals surface area contributed by atoms with Crippen LogP contribution in [0.2, 0.25) is 0 Å². The van der Waals surface area contributed by atoms with Crippen molar-refractivity contribution in [2.75, 3.05) is 6.16 Å². The summed E-state index contributed by atoms with van der Waals surface area (Å²) < 4.78 is 0. The van der Waals surface area contributed by atoms with Crippen LogP contribution in [0.3, 0.4) is 0 Å². The van der Waals surface area contributed by atoms with Gasteiger partial charge in [-0.15, -0.1) is 6.58 Å². The Morgan fingerprint density at radius 3 is 1.39 bits per heavy atom. The molecule has 0 heterocycles. The van der Waals surface area contributed by atoms with E-state index in [1.54, 1.807) is 0 Å². The Morgan fingerprint density at radius 1 is 0.643 bits per heavy atom. The predicted octanol–water partition coefficient (Wildman–Crippen LogP) is 5.97. The average Bonchev–Trinajstić information content (AvgIpc) is 2.80. The highest BCUT2D eigenvalue weighted by molar-refractivity contribution is 7.95. The molecule has 0 unspecified atom stereocenters. The molecule has 3 aromatic carbocycles. The van der Waals surface area contributed by atoms with Crippen molar-refractivity contribution in [3.8, 4) is 0 Å². The van der Waals surface area contributed by atoms with Gasteiger partial charge in [0.1, 0.15) is 23.2 Å². The Morgan fingerprint density at radius 2 is 1.04 bits per heavy atom. The second-order valence-corrected chi connectivity index (χ2v) is 11.5. The van der Waals surface area contributed by atoms with Gasteiger partial charge in [0.15, 0.2) is 0 Å². The van der Waals surface area contributed by atoms with E-state index in [1.165, 1.54) is 47.8 Å². The van der Waals surface area contributed by atoms with Gasteiger partial charge in [0.25, 0.3) is 0 Å². The molecule has 28 heavy (non-hydrogen) atoms. The third-order valence-electron chi connectivity index (χ3n) is 6.35. The summed E-state index contributed by atoms with van der Waals surface area (Å²) in [5.41, 5.74) is 0. The van der Waals surface area contributed by atoms with Crippen LogP contribution >= 0.6 is 7.26 Å². The van der Waals surface area contributed by atoms with Crippen LogP contribution in [-0.4, -0.2) is 6.16 Å². The lowest BCUT2D eigenvalue weighted by Gasteiger charge is -2.34. The molecule has 0 spiro atoms. The summed E-state index contributed by atoms with van der Waals surface area (Å²) in [6.45, 7) is 4.03. The van der Waals surface area contributed by atoms with E-state index in [4.69, 9.17) is 0 Å². The zero-order chi connectivity index (χ0) is 19.2. The molecule has 1 aliphatic carbocycles. The first-order valence-corrected chi connectivity index (χ1v) is 12.5. The SMILES string of the molecule is C=CC1CCC(C[P+](c2ccccc2)(c2ccccc2)c2ccccc2)CC1. The molecule has 4 rings (SSSR count). The average molecular weight is 386 g/mol. The summed E-state index contributed by atoms with van der Waals surface area (Å²) in [5, 5.41) is 4.54. The Kier molecular flexibility index (Phi) is 6.08. The van der Waals surface area contributed by atoms with Crippen LogP contribution in [0.15, 0.2) is 104 Å². The smallest absolute Gasteiger partial charge is 0.103 e. The molecular weight excluding hydrogens is 355 g/mol. The van der Waals surface area contributed by atoms with E-state index in [0.29, 0.717) is 5.92 Å². The Hall–Kier alpha value is -2.17. The molecule has 0 atom stereocenters. The van der Waals surface area contributed by atoms with E-state index in [9.17, 15) is 0 Å². The molecule has 0 nitrogen and oxygen atoms in total. The Bertz CT molecular complexity index is 765. The lowest BCUT2D eigenvalue weighted by atomic mass is 9.83. The van der Waals surface area contributed by atoms with Gasteiger partial charge in [-0.3, -0.25) is 0 Å². The third kappa shape index (κ3) is 3.85. The number of allylic oxidation sites excluding steroid dienone is 1. The molecule has 0 N–H and O–H groups in total. The van der Waals surface area contributed by atoms with E-state index in [-0.39, 0.29) is 0 Å². The van der Waals surface area contributed by atoms with Crippen molar-refractivity contribution < 1.29 is 0 Å². The minimum atomic E-state index is -1.68. The minimum absolute atomic E-state index is 0.717. The Labute approximate surface area is 170 Å². The monoisotopic (exact) mass is 385 g/mol. The van der Waals surface area contributed by atoms with Crippen LogP contribution in [0.1, 0.15) is 25.7 Å². The molecule has 0 aromatic heterocycles. The van der Waals surface area contributed by atoms with Crippen LogP contribution in [0, 0.1) is 11.8 Å². The fourth-order valence-corrected chi connectivity index (χ4v) is 9.51. The summed E-state index contributed by atoms with van der Waals surface area (Å²) in [4.78, 5) is 0. The van der Waals surface area contributed by atoms with E-state index < -0.39 is 7.26 Å². The molecule has 1 heteroatoms. The van der Waals surface area contributed by atoms with Crippen LogP contribution in [0.5, 0.6) is 0 Å². The quantitative estimate of drug-likeness (QED) is 0.362. The van der Waals surface area contributed by atoms with Gasteiger partial charge in [-0.05, 0) is 73.9 Å². The van der Waals surface area contributed by atoms with E-state index in [1.807, 2.05) is 0 Å². The third-order valence-corrected chi connectivity index (χ3v) is 11.0. The molecule has 0 saturated heterocycles. The maximum absolute atomic E-state index is 4.03. The number of hydrogen-bond acceptors (Lipinski definition) is 0.